The minimum absolute atomic E-state index is 0.0832. The normalized spacial score (nSPS) is 10.9. The molecule has 2 aliphatic rings. The first-order valence-electron chi connectivity index (χ1n) is 8.76. The Balaban J connectivity index is 1.95. The molecule has 30 heavy (non-hydrogen) atoms. The fraction of sp³-hybridized carbons (Fsp3) is 0.0952. The zero-order chi connectivity index (χ0) is 21.4. The van der Waals surface area contributed by atoms with Gasteiger partial charge in [-0.1, -0.05) is 11.6 Å². The van der Waals surface area contributed by atoms with Gasteiger partial charge in [-0.15, -0.1) is 0 Å². The molecule has 0 spiro atoms. The maximum absolute atomic E-state index is 13.6. The van der Waals surface area contributed by atoms with Crippen molar-refractivity contribution in [2.45, 2.75) is 0 Å². The molecule has 0 aliphatic carbocycles. The fourth-order valence-electron chi connectivity index (χ4n) is 3.06. The first-order chi connectivity index (χ1) is 14.4. The minimum Gasteiger partial charge on any atom is -0.497 e. The van der Waals surface area contributed by atoms with E-state index < -0.39 is 17.3 Å². The molecule has 0 saturated heterocycles. The molecule has 0 aromatic heterocycles. The van der Waals surface area contributed by atoms with Crippen molar-refractivity contribution in [1.82, 2.24) is 14.3 Å². The van der Waals surface area contributed by atoms with Crippen LogP contribution in [-0.4, -0.2) is 34.5 Å². The van der Waals surface area contributed by atoms with Crippen LogP contribution in [0, 0.1) is 5.82 Å². The largest absolute Gasteiger partial charge is 0.497 e. The molecule has 2 aliphatic heterocycles. The lowest BCUT2D eigenvalue weighted by atomic mass is 10.1. The summed E-state index contributed by atoms with van der Waals surface area (Å²) in [5.74, 6) is -0.613. The minimum atomic E-state index is -0.665. The molecule has 0 atom stereocenters. The highest BCUT2D eigenvalue weighted by Gasteiger charge is 2.25. The molecule has 2 aromatic carbocycles. The predicted octanol–water partition coefficient (Wildman–Crippen LogP) is 3.72. The van der Waals surface area contributed by atoms with Gasteiger partial charge in [-0.05, 0) is 42.5 Å². The van der Waals surface area contributed by atoms with Crippen molar-refractivity contribution in [3.63, 3.8) is 0 Å². The maximum atomic E-state index is 13.6. The molecule has 0 fully saturated rings. The fourth-order valence-corrected chi connectivity index (χ4v) is 3.23. The average molecular weight is 428 g/mol. The molecule has 0 N–H and O–H groups in total. The molecule has 0 bridgehead atoms. The number of hydrogen-bond acceptors (Lipinski definition) is 5. The summed E-state index contributed by atoms with van der Waals surface area (Å²) >= 11 is 5.88. The van der Waals surface area contributed by atoms with Gasteiger partial charge >= 0.3 is 5.97 Å². The van der Waals surface area contributed by atoms with Crippen LogP contribution >= 0.6 is 11.6 Å². The summed E-state index contributed by atoms with van der Waals surface area (Å²) in [6, 6.07) is 10.8. The number of pyridine rings is 1. The van der Waals surface area contributed by atoms with Gasteiger partial charge in [0.25, 0.3) is 5.56 Å². The van der Waals surface area contributed by atoms with Crippen molar-refractivity contribution in [1.29, 1.82) is 0 Å². The van der Waals surface area contributed by atoms with Gasteiger partial charge in [-0.2, -0.15) is 9.78 Å². The second kappa shape index (κ2) is 7.64. The van der Waals surface area contributed by atoms with E-state index in [4.69, 9.17) is 21.1 Å². The third-order valence-electron chi connectivity index (χ3n) is 4.59. The zero-order valence-electron chi connectivity index (χ0n) is 15.9. The number of fused-ring (bicyclic) bond motifs is 1. The lowest BCUT2D eigenvalue weighted by molar-refractivity contribution is 0.0600. The van der Waals surface area contributed by atoms with Crippen LogP contribution < -0.4 is 10.3 Å². The number of benzene rings is 2. The summed E-state index contributed by atoms with van der Waals surface area (Å²) < 4.78 is 26.2. The van der Waals surface area contributed by atoms with Crippen LogP contribution in [0.4, 0.5) is 4.39 Å². The Morgan fingerprint density at radius 2 is 1.77 bits per heavy atom. The Hall–Kier alpha value is -3.65. The van der Waals surface area contributed by atoms with Gasteiger partial charge in [0.2, 0.25) is 0 Å². The maximum Gasteiger partial charge on any atom is 0.341 e. The molecule has 0 unspecified atom stereocenters. The molecule has 0 amide bonds. The van der Waals surface area contributed by atoms with Crippen LogP contribution in [0.25, 0.3) is 22.6 Å². The molecule has 4 rings (SSSR count). The lowest BCUT2D eigenvalue weighted by Gasteiger charge is -2.12. The van der Waals surface area contributed by atoms with Gasteiger partial charge in [-0.25, -0.2) is 9.18 Å². The number of esters is 1. The molecule has 9 heteroatoms. The van der Waals surface area contributed by atoms with Crippen LogP contribution in [-0.2, 0) is 4.74 Å². The number of carbonyl (C=O) groups is 1. The third-order valence-corrected chi connectivity index (χ3v) is 4.88. The summed E-state index contributed by atoms with van der Waals surface area (Å²) in [6.07, 6.45) is 2.98. The molecular formula is C21H15ClFN3O4. The van der Waals surface area contributed by atoms with Crippen molar-refractivity contribution in [3.8, 4) is 28.4 Å². The smallest absolute Gasteiger partial charge is 0.341 e. The Kier molecular flexibility index (Phi) is 5.01. The number of methoxy groups -OCH3 is 2. The van der Waals surface area contributed by atoms with Crippen molar-refractivity contribution in [2.24, 2.45) is 0 Å². The second-order valence-electron chi connectivity index (χ2n) is 6.35. The summed E-state index contributed by atoms with van der Waals surface area (Å²) in [7, 11) is 2.78. The van der Waals surface area contributed by atoms with Gasteiger partial charge in [0, 0.05) is 18.1 Å². The van der Waals surface area contributed by atoms with E-state index in [9.17, 15) is 14.0 Å². The molecule has 2 aromatic rings. The molecule has 0 saturated carbocycles. The molecule has 0 radical (unpaired) electrons. The van der Waals surface area contributed by atoms with Crippen LogP contribution in [0.2, 0.25) is 5.02 Å². The number of ether oxygens (including phenoxy) is 2. The van der Waals surface area contributed by atoms with E-state index >= 15 is 0 Å². The number of nitrogens with zero attached hydrogens (tertiary/aromatic N) is 3. The lowest BCUT2D eigenvalue weighted by Crippen LogP contribution is -2.15. The monoisotopic (exact) mass is 427 g/mol. The quantitative estimate of drug-likeness (QED) is 0.464. The number of aromatic nitrogens is 3. The van der Waals surface area contributed by atoms with Gasteiger partial charge in [0.1, 0.15) is 22.8 Å². The first-order valence-corrected chi connectivity index (χ1v) is 9.14. The summed E-state index contributed by atoms with van der Waals surface area (Å²) in [5, 5.41) is 4.25. The first kappa shape index (κ1) is 19.7. The molecule has 152 valence electrons. The highest BCUT2D eigenvalue weighted by Crippen LogP contribution is 2.26. The Morgan fingerprint density at radius 1 is 1.07 bits per heavy atom. The van der Waals surface area contributed by atoms with Gasteiger partial charge in [0.15, 0.2) is 0 Å². The van der Waals surface area contributed by atoms with E-state index in [2.05, 4.69) is 5.10 Å². The van der Waals surface area contributed by atoms with Crippen LogP contribution in [0.1, 0.15) is 10.4 Å². The second-order valence-corrected chi connectivity index (χ2v) is 6.75. The van der Waals surface area contributed by atoms with Crippen molar-refractivity contribution < 1.29 is 18.7 Å². The van der Waals surface area contributed by atoms with Crippen molar-refractivity contribution in [2.75, 3.05) is 14.2 Å². The highest BCUT2D eigenvalue weighted by molar-refractivity contribution is 6.30. The van der Waals surface area contributed by atoms with Crippen molar-refractivity contribution >= 4 is 17.6 Å². The number of carbonyl (C=O) groups excluding carboxylic acids is 1. The van der Waals surface area contributed by atoms with E-state index in [1.165, 1.54) is 47.0 Å². The number of rotatable bonds is 4. The molecule has 7 nitrogen and oxygen atoms in total. The average Bonchev–Trinajstić information content (AvgIpc) is 3.11. The third kappa shape index (κ3) is 3.31. The predicted molar refractivity (Wildman–Crippen MR) is 109 cm³/mol. The van der Waals surface area contributed by atoms with E-state index in [-0.39, 0.29) is 21.8 Å². The number of hydrogen-bond donors (Lipinski definition) is 0. The Labute approximate surface area is 175 Å². The molecular weight excluding hydrogens is 413 g/mol. The Morgan fingerprint density at radius 3 is 2.40 bits per heavy atom. The molecule has 2 heterocycles. The van der Waals surface area contributed by atoms with Crippen LogP contribution in [0.3, 0.4) is 0 Å². The Bertz CT molecular complexity index is 1280. The standard InChI is InChI=1S/C21H15ClFN3O4/c1-29-14-6-3-12(4-7-14)26-20(27)15-10-25(13-5-8-18(23)17(22)9-13)11-16(19(15)24-26)21(28)30-2/h3-11H,1-2H3. The highest BCUT2D eigenvalue weighted by atomic mass is 35.5. The SMILES string of the molecule is COC(=O)c1cn(-c2ccc(F)c(Cl)c2)cc2c(=O)n(-c3ccc(OC)cc3)nc1-2. The van der Waals surface area contributed by atoms with Crippen LogP contribution in [0.15, 0.2) is 59.7 Å². The summed E-state index contributed by atoms with van der Waals surface area (Å²) in [4.78, 5) is 25.5. The van der Waals surface area contributed by atoms with Gasteiger partial charge in [0.05, 0.1) is 30.5 Å². The zero-order valence-corrected chi connectivity index (χ0v) is 16.7. The van der Waals surface area contributed by atoms with E-state index in [1.807, 2.05) is 0 Å². The van der Waals surface area contributed by atoms with Crippen LogP contribution in [0.5, 0.6) is 5.75 Å². The summed E-state index contributed by atoms with van der Waals surface area (Å²) in [6.45, 7) is 0. The van der Waals surface area contributed by atoms with E-state index in [0.29, 0.717) is 17.1 Å². The van der Waals surface area contributed by atoms with E-state index in [0.717, 1.165) is 0 Å². The number of halogens is 2. The summed E-state index contributed by atoms with van der Waals surface area (Å²) in [5.41, 5.74) is 0.998. The van der Waals surface area contributed by atoms with Gasteiger partial charge < -0.3 is 14.0 Å². The van der Waals surface area contributed by atoms with Crippen molar-refractivity contribution in [3.05, 3.63) is 81.6 Å². The van der Waals surface area contributed by atoms with E-state index in [1.54, 1.807) is 31.4 Å². The van der Waals surface area contributed by atoms with Gasteiger partial charge in [-0.3, -0.25) is 4.79 Å². The topological polar surface area (TPSA) is 75.3 Å².